The van der Waals surface area contributed by atoms with Crippen LogP contribution in [-0.4, -0.2) is 38.0 Å². The van der Waals surface area contributed by atoms with E-state index in [1.165, 1.54) is 0 Å². The van der Waals surface area contributed by atoms with Crippen molar-refractivity contribution in [3.63, 3.8) is 0 Å². The predicted molar refractivity (Wildman–Crippen MR) is 81.2 cm³/mol. The van der Waals surface area contributed by atoms with Gasteiger partial charge in [-0.3, -0.25) is 4.79 Å². The van der Waals surface area contributed by atoms with Crippen LogP contribution in [0.15, 0.2) is 18.2 Å². The van der Waals surface area contributed by atoms with Gasteiger partial charge in [0.25, 0.3) is 5.91 Å². The molecule has 1 aliphatic rings. The van der Waals surface area contributed by atoms with E-state index < -0.39 is 15.4 Å². The average Bonchev–Trinajstić information content (AvgIpc) is 2.64. The van der Waals surface area contributed by atoms with Crippen LogP contribution in [0, 0.1) is 13.8 Å². The van der Waals surface area contributed by atoms with E-state index in [-0.39, 0.29) is 24.0 Å². The Morgan fingerprint density at radius 3 is 2.71 bits per heavy atom. The standard InChI is InChI=1S/C15H21NO4S/c1-11-4-5-12(2)13(8-11)20-9-14(17)16-15(3)6-7-21(18,19)10-15/h4-5,8H,6-7,9-10H2,1-3H3,(H,16,17). The molecule has 0 aromatic heterocycles. The van der Waals surface area contributed by atoms with Gasteiger partial charge in [-0.25, -0.2) is 8.42 Å². The molecule has 0 bridgehead atoms. The number of amides is 1. The van der Waals surface area contributed by atoms with Gasteiger partial charge in [-0.1, -0.05) is 12.1 Å². The van der Waals surface area contributed by atoms with Crippen LogP contribution in [0.1, 0.15) is 24.5 Å². The second-order valence-electron chi connectivity index (χ2n) is 6.01. The van der Waals surface area contributed by atoms with Crippen LogP contribution in [0.3, 0.4) is 0 Å². The Bertz CT molecular complexity index is 654. The van der Waals surface area contributed by atoms with Crippen molar-refractivity contribution in [3.05, 3.63) is 29.3 Å². The molecule has 1 heterocycles. The number of ether oxygens (including phenoxy) is 1. The number of benzene rings is 1. The second-order valence-corrected chi connectivity index (χ2v) is 8.19. The van der Waals surface area contributed by atoms with Crippen LogP contribution >= 0.6 is 0 Å². The number of sulfone groups is 1. The zero-order valence-corrected chi connectivity index (χ0v) is 13.4. The van der Waals surface area contributed by atoms with Gasteiger partial charge in [0.15, 0.2) is 16.4 Å². The molecule has 1 N–H and O–H groups in total. The number of aryl methyl sites for hydroxylation is 2. The fraction of sp³-hybridized carbons (Fsp3) is 0.533. The minimum atomic E-state index is -3.03. The minimum Gasteiger partial charge on any atom is -0.483 e. The molecule has 1 amide bonds. The molecule has 1 aliphatic heterocycles. The zero-order chi connectivity index (χ0) is 15.7. The summed E-state index contributed by atoms with van der Waals surface area (Å²) in [6.45, 7) is 5.52. The van der Waals surface area contributed by atoms with Gasteiger partial charge in [0, 0.05) is 0 Å². The van der Waals surface area contributed by atoms with Gasteiger partial charge in [-0.15, -0.1) is 0 Å². The molecule has 1 aromatic carbocycles. The van der Waals surface area contributed by atoms with Crippen molar-refractivity contribution in [3.8, 4) is 5.75 Å². The summed E-state index contributed by atoms with van der Waals surface area (Å²) < 4.78 is 28.5. The first-order valence-electron chi connectivity index (χ1n) is 6.91. The number of carbonyl (C=O) groups is 1. The van der Waals surface area contributed by atoms with Crippen molar-refractivity contribution in [1.29, 1.82) is 0 Å². The highest BCUT2D eigenvalue weighted by atomic mass is 32.2. The molecule has 0 aliphatic carbocycles. The molecule has 1 unspecified atom stereocenters. The highest BCUT2D eigenvalue weighted by molar-refractivity contribution is 7.91. The molecule has 0 saturated carbocycles. The number of rotatable bonds is 4. The van der Waals surface area contributed by atoms with E-state index >= 15 is 0 Å². The zero-order valence-electron chi connectivity index (χ0n) is 12.6. The minimum absolute atomic E-state index is 0.00475. The summed E-state index contributed by atoms with van der Waals surface area (Å²) in [5.74, 6) is 0.501. The van der Waals surface area contributed by atoms with E-state index in [1.54, 1.807) is 6.92 Å². The molecule has 1 saturated heterocycles. The SMILES string of the molecule is Cc1ccc(C)c(OCC(=O)NC2(C)CCS(=O)(=O)C2)c1. The highest BCUT2D eigenvalue weighted by Crippen LogP contribution is 2.23. The Morgan fingerprint density at radius 1 is 1.38 bits per heavy atom. The first kappa shape index (κ1) is 15.8. The molecule has 5 nitrogen and oxygen atoms in total. The number of hydrogen-bond donors (Lipinski definition) is 1. The van der Waals surface area contributed by atoms with E-state index in [1.807, 2.05) is 32.0 Å². The van der Waals surface area contributed by atoms with E-state index in [0.29, 0.717) is 12.2 Å². The molecule has 0 radical (unpaired) electrons. The van der Waals surface area contributed by atoms with Gasteiger partial charge in [-0.2, -0.15) is 0 Å². The lowest BCUT2D eigenvalue weighted by Gasteiger charge is -2.24. The quantitative estimate of drug-likeness (QED) is 0.911. The van der Waals surface area contributed by atoms with E-state index in [9.17, 15) is 13.2 Å². The van der Waals surface area contributed by atoms with Crippen molar-refractivity contribution < 1.29 is 17.9 Å². The van der Waals surface area contributed by atoms with Crippen molar-refractivity contribution in [2.24, 2.45) is 0 Å². The molecule has 21 heavy (non-hydrogen) atoms. The van der Waals surface area contributed by atoms with E-state index in [2.05, 4.69) is 5.32 Å². The van der Waals surface area contributed by atoms with Crippen LogP contribution in [0.25, 0.3) is 0 Å². The number of hydrogen-bond acceptors (Lipinski definition) is 4. The highest BCUT2D eigenvalue weighted by Gasteiger charge is 2.39. The van der Waals surface area contributed by atoms with Gasteiger partial charge in [0.2, 0.25) is 0 Å². The van der Waals surface area contributed by atoms with Gasteiger partial charge in [0.05, 0.1) is 17.0 Å². The van der Waals surface area contributed by atoms with Crippen LogP contribution in [0.5, 0.6) is 5.75 Å². The van der Waals surface area contributed by atoms with Crippen LogP contribution in [0.4, 0.5) is 0 Å². The Kier molecular flexibility index (Phi) is 4.27. The topological polar surface area (TPSA) is 72.5 Å². The maximum absolute atomic E-state index is 12.0. The first-order chi connectivity index (χ1) is 9.69. The normalized spacial score (nSPS) is 23.8. The lowest BCUT2D eigenvalue weighted by atomic mass is 10.0. The van der Waals surface area contributed by atoms with Gasteiger partial charge in [0.1, 0.15) is 5.75 Å². The lowest BCUT2D eigenvalue weighted by Crippen LogP contribution is -2.48. The summed E-state index contributed by atoms with van der Waals surface area (Å²) in [7, 11) is -3.03. The average molecular weight is 311 g/mol. The van der Waals surface area contributed by atoms with Crippen LogP contribution in [-0.2, 0) is 14.6 Å². The Balaban J connectivity index is 1.92. The summed E-state index contributed by atoms with van der Waals surface area (Å²) in [4.78, 5) is 12.0. The van der Waals surface area contributed by atoms with Crippen molar-refractivity contribution in [2.75, 3.05) is 18.1 Å². The summed E-state index contributed by atoms with van der Waals surface area (Å²) >= 11 is 0. The van der Waals surface area contributed by atoms with Gasteiger partial charge in [-0.05, 0) is 44.4 Å². The molecule has 1 fully saturated rings. The third-order valence-electron chi connectivity index (χ3n) is 3.65. The van der Waals surface area contributed by atoms with Crippen molar-refractivity contribution in [1.82, 2.24) is 5.32 Å². The summed E-state index contributed by atoms with van der Waals surface area (Å²) in [6.07, 6.45) is 0.449. The third-order valence-corrected chi connectivity index (χ3v) is 5.55. The fourth-order valence-corrected chi connectivity index (χ4v) is 4.58. The molecular weight excluding hydrogens is 290 g/mol. The molecule has 1 atom stereocenters. The predicted octanol–water partition coefficient (Wildman–Crippen LogP) is 1.38. The molecule has 116 valence electrons. The third kappa shape index (κ3) is 4.20. The smallest absolute Gasteiger partial charge is 0.258 e. The summed E-state index contributed by atoms with van der Waals surface area (Å²) in [5, 5.41) is 2.77. The van der Waals surface area contributed by atoms with Crippen molar-refractivity contribution >= 4 is 15.7 Å². The lowest BCUT2D eigenvalue weighted by molar-refractivity contribution is -0.124. The Morgan fingerprint density at radius 2 is 2.10 bits per heavy atom. The maximum atomic E-state index is 12.0. The number of nitrogens with one attached hydrogen (secondary N) is 1. The summed E-state index contributed by atoms with van der Waals surface area (Å²) in [5.41, 5.74) is 1.34. The van der Waals surface area contributed by atoms with Gasteiger partial charge < -0.3 is 10.1 Å². The maximum Gasteiger partial charge on any atom is 0.258 e. The molecule has 6 heteroatoms. The largest absolute Gasteiger partial charge is 0.483 e. The molecule has 1 aromatic rings. The number of carbonyl (C=O) groups excluding carboxylic acids is 1. The Hall–Kier alpha value is -1.56. The second kappa shape index (κ2) is 5.67. The van der Waals surface area contributed by atoms with Crippen LogP contribution in [0.2, 0.25) is 0 Å². The first-order valence-corrected chi connectivity index (χ1v) is 8.73. The summed E-state index contributed by atoms with van der Waals surface area (Å²) in [6, 6.07) is 5.80. The van der Waals surface area contributed by atoms with Crippen LogP contribution < -0.4 is 10.1 Å². The van der Waals surface area contributed by atoms with E-state index in [4.69, 9.17) is 4.74 Å². The van der Waals surface area contributed by atoms with E-state index in [0.717, 1.165) is 11.1 Å². The molecular formula is C15H21NO4S. The molecule has 2 rings (SSSR count). The fourth-order valence-electron chi connectivity index (χ4n) is 2.49. The monoisotopic (exact) mass is 311 g/mol. The Labute approximate surface area is 125 Å². The molecule has 0 spiro atoms. The van der Waals surface area contributed by atoms with Crippen molar-refractivity contribution in [2.45, 2.75) is 32.7 Å². The van der Waals surface area contributed by atoms with Gasteiger partial charge >= 0.3 is 0 Å².